The van der Waals surface area contributed by atoms with Crippen molar-refractivity contribution in [2.75, 3.05) is 6.61 Å². The summed E-state index contributed by atoms with van der Waals surface area (Å²) in [6, 6.07) is 16.9. The number of benzene rings is 2. The van der Waals surface area contributed by atoms with Crippen LogP contribution in [0.15, 0.2) is 81.3 Å². The first-order chi connectivity index (χ1) is 18.3. The van der Waals surface area contributed by atoms with Crippen LogP contribution in [-0.4, -0.2) is 33.8 Å². The third-order valence-electron chi connectivity index (χ3n) is 6.43. The number of amides is 1. The highest BCUT2D eigenvalue weighted by Crippen LogP contribution is 2.46. The minimum Gasteiger partial charge on any atom is -0.463 e. The Hall–Kier alpha value is -4.31. The molecule has 0 saturated carbocycles. The average molecular weight is 532 g/mol. The van der Waals surface area contributed by atoms with E-state index in [1.165, 1.54) is 23.9 Å². The second-order valence-corrected chi connectivity index (χ2v) is 9.99. The fourth-order valence-electron chi connectivity index (χ4n) is 4.69. The number of ether oxygens (including phenoxy) is 1. The van der Waals surface area contributed by atoms with E-state index in [1.54, 1.807) is 43.0 Å². The Morgan fingerprint density at radius 2 is 1.95 bits per heavy atom. The Morgan fingerprint density at radius 1 is 1.18 bits per heavy atom. The largest absolute Gasteiger partial charge is 0.463 e. The molecule has 0 bridgehead atoms. The predicted molar refractivity (Wildman–Crippen MR) is 143 cm³/mol. The van der Waals surface area contributed by atoms with Crippen LogP contribution in [0.2, 0.25) is 0 Å². The number of hydrogen-bond donors (Lipinski definition) is 1. The summed E-state index contributed by atoms with van der Waals surface area (Å²) in [6.07, 6.45) is 1.68. The van der Waals surface area contributed by atoms with E-state index in [-0.39, 0.29) is 18.2 Å². The van der Waals surface area contributed by atoms with Crippen LogP contribution in [0.1, 0.15) is 36.8 Å². The van der Waals surface area contributed by atoms with Crippen LogP contribution in [0.3, 0.4) is 0 Å². The molecule has 3 aromatic rings. The number of hydrogen-bond acceptors (Lipinski definition) is 8. The lowest BCUT2D eigenvalue weighted by molar-refractivity contribution is -0.384. The Labute approximate surface area is 223 Å². The minimum atomic E-state index is -0.609. The fourth-order valence-corrected chi connectivity index (χ4v) is 5.89. The lowest BCUT2D eigenvalue weighted by Gasteiger charge is -2.39. The lowest BCUT2D eigenvalue weighted by atomic mass is 9.94. The molecule has 9 nitrogen and oxygen atoms in total. The highest BCUT2D eigenvalue weighted by molar-refractivity contribution is 8.05. The van der Waals surface area contributed by atoms with Crippen LogP contribution in [0.4, 0.5) is 5.69 Å². The van der Waals surface area contributed by atoms with Gasteiger partial charge in [0.2, 0.25) is 0 Å². The number of carbonyl (C=O) groups is 2. The first-order valence-electron chi connectivity index (χ1n) is 12.0. The van der Waals surface area contributed by atoms with Crippen molar-refractivity contribution in [3.63, 3.8) is 0 Å². The molecule has 10 heteroatoms. The molecule has 0 radical (unpaired) electrons. The van der Waals surface area contributed by atoms with Crippen LogP contribution in [0.25, 0.3) is 17.4 Å². The van der Waals surface area contributed by atoms with Gasteiger partial charge < -0.3 is 14.5 Å². The van der Waals surface area contributed by atoms with Gasteiger partial charge >= 0.3 is 5.97 Å². The van der Waals surface area contributed by atoms with E-state index in [2.05, 4.69) is 5.32 Å². The number of fused-ring (bicyclic) bond motifs is 1. The van der Waals surface area contributed by atoms with Crippen LogP contribution < -0.4 is 5.32 Å². The van der Waals surface area contributed by atoms with Crippen LogP contribution in [-0.2, 0) is 14.3 Å². The first kappa shape index (κ1) is 25.3. The molecule has 1 amide bonds. The van der Waals surface area contributed by atoms with Gasteiger partial charge in [0, 0.05) is 29.5 Å². The second-order valence-electron chi connectivity index (χ2n) is 8.87. The molecule has 0 aliphatic carbocycles. The molecule has 2 aliphatic rings. The molecule has 5 rings (SSSR count). The molecule has 2 atom stereocenters. The third kappa shape index (κ3) is 4.58. The van der Waals surface area contributed by atoms with Crippen molar-refractivity contribution in [2.45, 2.75) is 32.3 Å². The standard InChI is InChI=1S/C28H25N3O6S/c1-4-36-27(33)24-17(3)29-28-30(25(24)18-8-6-5-7-9-18)26(32)23(38-28)15-20-11-13-22(37-20)21-12-10-19(31(34)35)14-16(21)2/h5-15,25,28-29H,4H2,1-3H3/b23-15-. The van der Waals surface area contributed by atoms with Gasteiger partial charge in [-0.05, 0) is 50.1 Å². The summed E-state index contributed by atoms with van der Waals surface area (Å²) in [6.45, 7) is 5.57. The molecule has 1 saturated heterocycles. The molecular formula is C28H25N3O6S. The maximum Gasteiger partial charge on any atom is 0.338 e. The SMILES string of the molecule is CCOC(=O)C1=C(C)NC2S/C(=C\c3ccc(-c4ccc([N+](=O)[O-])cc4C)o3)C(=O)N2C1c1ccccc1. The Bertz CT molecular complexity index is 1490. The van der Waals surface area contributed by atoms with Crippen molar-refractivity contribution in [2.24, 2.45) is 0 Å². The zero-order valence-electron chi connectivity index (χ0n) is 21.0. The van der Waals surface area contributed by atoms with Gasteiger partial charge in [-0.25, -0.2) is 4.79 Å². The Balaban J connectivity index is 1.47. The van der Waals surface area contributed by atoms with Crippen LogP contribution in [0.5, 0.6) is 0 Å². The van der Waals surface area contributed by atoms with Gasteiger partial charge in [0.1, 0.15) is 11.5 Å². The van der Waals surface area contributed by atoms with Gasteiger partial charge in [0.15, 0.2) is 5.50 Å². The van der Waals surface area contributed by atoms with Crippen molar-refractivity contribution < 1.29 is 23.7 Å². The number of esters is 1. The Morgan fingerprint density at radius 3 is 2.63 bits per heavy atom. The number of nitro benzene ring substituents is 1. The number of aryl methyl sites for hydroxylation is 1. The molecule has 38 heavy (non-hydrogen) atoms. The van der Waals surface area contributed by atoms with Gasteiger partial charge in [-0.1, -0.05) is 42.1 Å². The quantitative estimate of drug-likeness (QED) is 0.191. The molecule has 194 valence electrons. The molecule has 1 fully saturated rings. The monoisotopic (exact) mass is 531 g/mol. The van der Waals surface area contributed by atoms with Gasteiger partial charge in [0.05, 0.1) is 28.1 Å². The average Bonchev–Trinajstić information content (AvgIpc) is 3.48. The van der Waals surface area contributed by atoms with Gasteiger partial charge in [-0.2, -0.15) is 0 Å². The van der Waals surface area contributed by atoms with E-state index in [0.717, 1.165) is 11.1 Å². The molecule has 3 heterocycles. The highest BCUT2D eigenvalue weighted by atomic mass is 32.2. The topological polar surface area (TPSA) is 115 Å². The lowest BCUT2D eigenvalue weighted by Crippen LogP contribution is -2.49. The van der Waals surface area contributed by atoms with Crippen molar-refractivity contribution in [1.29, 1.82) is 0 Å². The van der Waals surface area contributed by atoms with Crippen molar-refractivity contribution in [1.82, 2.24) is 10.2 Å². The number of nitro groups is 1. The predicted octanol–water partition coefficient (Wildman–Crippen LogP) is 5.54. The highest BCUT2D eigenvalue weighted by Gasteiger charge is 2.47. The molecular weight excluding hydrogens is 506 g/mol. The maximum absolute atomic E-state index is 13.7. The number of nitrogens with zero attached hydrogens (tertiary/aromatic N) is 2. The molecule has 1 aromatic heterocycles. The fraction of sp³-hybridized carbons (Fsp3) is 0.214. The van der Waals surface area contributed by atoms with Gasteiger partial charge in [-0.15, -0.1) is 0 Å². The number of carbonyl (C=O) groups excluding carboxylic acids is 2. The molecule has 0 spiro atoms. The number of thioether (sulfide) groups is 1. The smallest absolute Gasteiger partial charge is 0.338 e. The van der Waals surface area contributed by atoms with E-state index < -0.39 is 22.4 Å². The molecule has 2 unspecified atom stereocenters. The first-order valence-corrected chi connectivity index (χ1v) is 12.9. The normalized spacial score (nSPS) is 19.9. The summed E-state index contributed by atoms with van der Waals surface area (Å²) in [5.74, 6) is 0.314. The summed E-state index contributed by atoms with van der Waals surface area (Å²) in [7, 11) is 0. The summed E-state index contributed by atoms with van der Waals surface area (Å²) < 4.78 is 11.3. The van der Waals surface area contributed by atoms with Crippen molar-refractivity contribution in [3.05, 3.63) is 104 Å². The number of allylic oxidation sites excluding steroid dienone is 1. The van der Waals surface area contributed by atoms with Crippen LogP contribution in [0, 0.1) is 17.0 Å². The number of nitrogens with one attached hydrogen (secondary N) is 1. The summed E-state index contributed by atoms with van der Waals surface area (Å²) in [4.78, 5) is 39.4. The zero-order valence-corrected chi connectivity index (χ0v) is 21.8. The van der Waals surface area contributed by atoms with Crippen LogP contribution >= 0.6 is 11.8 Å². The van der Waals surface area contributed by atoms with E-state index in [1.807, 2.05) is 37.3 Å². The van der Waals surface area contributed by atoms with E-state index in [9.17, 15) is 19.7 Å². The minimum absolute atomic E-state index is 0.0105. The maximum atomic E-state index is 13.7. The second kappa shape index (κ2) is 10.2. The van der Waals surface area contributed by atoms with Crippen molar-refractivity contribution in [3.8, 4) is 11.3 Å². The third-order valence-corrected chi connectivity index (χ3v) is 7.54. The number of furan rings is 1. The van der Waals surface area contributed by atoms with E-state index >= 15 is 0 Å². The van der Waals surface area contributed by atoms with Gasteiger partial charge in [0.25, 0.3) is 11.6 Å². The Kier molecular flexibility index (Phi) is 6.81. The van der Waals surface area contributed by atoms with Gasteiger partial charge in [-0.3, -0.25) is 19.8 Å². The molecule has 2 aromatic carbocycles. The van der Waals surface area contributed by atoms with E-state index in [0.29, 0.717) is 33.3 Å². The zero-order chi connectivity index (χ0) is 27.0. The molecule has 2 aliphatic heterocycles. The summed E-state index contributed by atoms with van der Waals surface area (Å²) >= 11 is 1.35. The van der Waals surface area contributed by atoms with E-state index in [4.69, 9.17) is 9.15 Å². The summed E-state index contributed by atoms with van der Waals surface area (Å²) in [5.41, 5.74) is 2.91. The molecule has 1 N–H and O–H groups in total. The number of rotatable bonds is 6. The van der Waals surface area contributed by atoms with Crippen molar-refractivity contribution >= 4 is 35.4 Å². The number of non-ortho nitro benzene ring substituents is 1. The summed E-state index contributed by atoms with van der Waals surface area (Å²) in [5, 5.41) is 14.3.